The van der Waals surface area contributed by atoms with Crippen LogP contribution in [0.1, 0.15) is 29.4 Å². The van der Waals surface area contributed by atoms with E-state index in [9.17, 15) is 9.59 Å². The van der Waals surface area contributed by atoms with Gasteiger partial charge in [0.25, 0.3) is 5.91 Å². The molecule has 0 bridgehead atoms. The normalized spacial score (nSPS) is 14.4. The Hall–Kier alpha value is -4.41. The van der Waals surface area contributed by atoms with Crippen LogP contribution in [0.2, 0.25) is 0 Å². The van der Waals surface area contributed by atoms with E-state index < -0.39 is 0 Å². The highest BCUT2D eigenvalue weighted by atomic mass is 16.7. The number of nitrogens with one attached hydrogen (secondary N) is 2. The van der Waals surface area contributed by atoms with Crippen LogP contribution in [-0.2, 0) is 6.54 Å². The first kappa shape index (κ1) is 20.2. The van der Waals surface area contributed by atoms with Crippen LogP contribution in [-0.4, -0.2) is 48.8 Å². The van der Waals surface area contributed by atoms with Crippen molar-refractivity contribution in [2.45, 2.75) is 25.4 Å². The van der Waals surface area contributed by atoms with Gasteiger partial charge < -0.3 is 14.8 Å². The van der Waals surface area contributed by atoms with Crippen molar-refractivity contribution in [3.05, 3.63) is 65.0 Å². The number of carbonyl (C=O) groups excluding carboxylic acids is 1. The summed E-state index contributed by atoms with van der Waals surface area (Å²) in [5.74, 6) is 1.62. The lowest BCUT2D eigenvalue weighted by Gasteiger charge is -2.03. The number of hydrogen-bond donors (Lipinski definition) is 2. The lowest BCUT2D eigenvalue weighted by Crippen LogP contribution is -2.32. The zero-order chi connectivity index (χ0) is 23.1. The molecule has 1 amide bonds. The minimum atomic E-state index is -0.318. The molecular formula is C23H21N7O4. The summed E-state index contributed by atoms with van der Waals surface area (Å²) < 4.78 is 13.8. The van der Waals surface area contributed by atoms with Crippen LogP contribution < -0.4 is 20.5 Å². The smallest absolute Gasteiger partial charge is 0.346 e. The van der Waals surface area contributed by atoms with Gasteiger partial charge in [-0.15, -0.1) is 5.10 Å². The average molecular weight is 459 g/mol. The molecule has 11 nitrogen and oxygen atoms in total. The van der Waals surface area contributed by atoms with Gasteiger partial charge in [-0.1, -0.05) is 0 Å². The Bertz CT molecular complexity index is 1420. The number of aromatic amines is 1. The highest BCUT2D eigenvalue weighted by molar-refractivity contribution is 5.93. The number of H-pyrrole nitrogens is 1. The zero-order valence-corrected chi connectivity index (χ0v) is 18.1. The lowest BCUT2D eigenvalue weighted by molar-refractivity contribution is 0.0946. The standard InChI is InChI=1S/C23H21N7O4/c31-22(18-11-17(26-27-18)14-3-6-19-20(10-14)34-13-33-19)25-8-9-29-23(32)30(16-4-5-16)21(28-29)15-2-1-7-24-12-15/h1-3,6-7,10-12,16H,4-5,8-9,13H2,(H,25,31)(H,26,27). The molecule has 0 saturated heterocycles. The van der Waals surface area contributed by atoms with E-state index in [0.29, 0.717) is 28.7 Å². The van der Waals surface area contributed by atoms with Crippen molar-refractivity contribution in [2.75, 3.05) is 13.3 Å². The van der Waals surface area contributed by atoms with Gasteiger partial charge in [-0.3, -0.25) is 19.4 Å². The number of benzene rings is 1. The SMILES string of the molecule is O=C(NCCn1nc(-c2cccnc2)n(C2CC2)c1=O)c1cc(-c2ccc3c(c2)OCO3)n[nH]1. The minimum Gasteiger partial charge on any atom is -0.454 e. The van der Waals surface area contributed by atoms with Gasteiger partial charge in [0.05, 0.1) is 12.2 Å². The monoisotopic (exact) mass is 459 g/mol. The van der Waals surface area contributed by atoms with Gasteiger partial charge in [-0.2, -0.15) is 5.10 Å². The molecule has 1 aliphatic carbocycles. The molecule has 1 aromatic carbocycles. The number of carbonyl (C=O) groups is 1. The molecule has 11 heteroatoms. The number of hydrogen-bond acceptors (Lipinski definition) is 7. The number of fused-ring (bicyclic) bond motifs is 1. The molecule has 0 spiro atoms. The molecule has 4 heterocycles. The second-order valence-corrected chi connectivity index (χ2v) is 8.16. The Labute approximate surface area is 193 Å². The van der Waals surface area contributed by atoms with E-state index in [1.807, 2.05) is 30.3 Å². The van der Waals surface area contributed by atoms with Crippen molar-refractivity contribution in [3.63, 3.8) is 0 Å². The number of rotatable bonds is 7. The molecule has 1 saturated carbocycles. The van der Waals surface area contributed by atoms with E-state index in [2.05, 4.69) is 25.6 Å². The zero-order valence-electron chi connectivity index (χ0n) is 18.1. The molecule has 0 unspecified atom stereocenters. The minimum absolute atomic E-state index is 0.172. The van der Waals surface area contributed by atoms with Gasteiger partial charge >= 0.3 is 5.69 Å². The van der Waals surface area contributed by atoms with Gasteiger partial charge in [-0.25, -0.2) is 9.48 Å². The van der Waals surface area contributed by atoms with Crippen molar-refractivity contribution in [1.82, 2.24) is 34.8 Å². The van der Waals surface area contributed by atoms with Crippen LogP contribution in [0.4, 0.5) is 0 Å². The summed E-state index contributed by atoms with van der Waals surface area (Å²) in [4.78, 5) is 29.7. The van der Waals surface area contributed by atoms with Gasteiger partial charge in [0.2, 0.25) is 6.79 Å². The maximum atomic E-state index is 12.9. The molecule has 1 fully saturated rings. The molecule has 6 rings (SSSR count). The van der Waals surface area contributed by atoms with Crippen LogP contribution >= 0.6 is 0 Å². The number of ether oxygens (including phenoxy) is 2. The summed E-state index contributed by atoms with van der Waals surface area (Å²) in [6, 6.07) is 11.0. The van der Waals surface area contributed by atoms with E-state index >= 15 is 0 Å². The van der Waals surface area contributed by atoms with Crippen molar-refractivity contribution < 1.29 is 14.3 Å². The molecular weight excluding hydrogens is 438 g/mol. The first-order valence-electron chi connectivity index (χ1n) is 11.0. The van der Waals surface area contributed by atoms with E-state index in [1.165, 1.54) is 4.68 Å². The fraction of sp³-hybridized carbons (Fsp3) is 0.261. The van der Waals surface area contributed by atoms with Gasteiger partial charge in [-0.05, 0) is 49.2 Å². The second kappa shape index (κ2) is 8.18. The molecule has 4 aromatic rings. The molecule has 2 N–H and O–H groups in total. The maximum absolute atomic E-state index is 12.9. The van der Waals surface area contributed by atoms with Crippen LogP contribution in [0.3, 0.4) is 0 Å². The fourth-order valence-electron chi connectivity index (χ4n) is 3.93. The van der Waals surface area contributed by atoms with Crippen LogP contribution in [0.5, 0.6) is 11.5 Å². The second-order valence-electron chi connectivity index (χ2n) is 8.16. The summed E-state index contributed by atoms with van der Waals surface area (Å²) in [5, 5.41) is 14.3. The van der Waals surface area contributed by atoms with Crippen molar-refractivity contribution in [3.8, 4) is 34.1 Å². The molecule has 3 aromatic heterocycles. The quantitative estimate of drug-likeness (QED) is 0.432. The summed E-state index contributed by atoms with van der Waals surface area (Å²) in [5.41, 5.74) is 2.35. The Morgan fingerprint density at radius 1 is 1.15 bits per heavy atom. The van der Waals surface area contributed by atoms with E-state index in [-0.39, 0.29) is 37.5 Å². The van der Waals surface area contributed by atoms with Crippen LogP contribution in [0.15, 0.2) is 53.6 Å². The van der Waals surface area contributed by atoms with E-state index in [4.69, 9.17) is 9.47 Å². The van der Waals surface area contributed by atoms with Crippen molar-refractivity contribution >= 4 is 5.91 Å². The predicted octanol–water partition coefficient (Wildman–Crippen LogP) is 1.99. The van der Waals surface area contributed by atoms with Gasteiger partial charge in [0.15, 0.2) is 17.3 Å². The van der Waals surface area contributed by atoms with Crippen LogP contribution in [0, 0.1) is 0 Å². The number of nitrogens with zero attached hydrogens (tertiary/aromatic N) is 5. The number of amides is 1. The highest BCUT2D eigenvalue weighted by Gasteiger charge is 2.30. The van der Waals surface area contributed by atoms with Crippen molar-refractivity contribution in [1.29, 1.82) is 0 Å². The first-order chi connectivity index (χ1) is 16.7. The average Bonchev–Trinajstić information content (AvgIpc) is 3.26. The van der Waals surface area contributed by atoms with E-state index in [0.717, 1.165) is 24.0 Å². The molecule has 1 aliphatic heterocycles. The Morgan fingerprint density at radius 2 is 2.03 bits per heavy atom. The molecule has 0 radical (unpaired) electrons. The highest BCUT2D eigenvalue weighted by Crippen LogP contribution is 2.36. The van der Waals surface area contributed by atoms with Crippen molar-refractivity contribution in [2.24, 2.45) is 0 Å². The molecule has 172 valence electrons. The summed E-state index contributed by atoms with van der Waals surface area (Å²) in [6.07, 6.45) is 5.30. The van der Waals surface area contributed by atoms with E-state index in [1.54, 1.807) is 23.0 Å². The molecule has 34 heavy (non-hydrogen) atoms. The summed E-state index contributed by atoms with van der Waals surface area (Å²) in [6.45, 7) is 0.685. The third kappa shape index (κ3) is 3.70. The summed E-state index contributed by atoms with van der Waals surface area (Å²) >= 11 is 0. The topological polar surface area (TPSA) is 129 Å². The maximum Gasteiger partial charge on any atom is 0.346 e. The molecule has 0 atom stereocenters. The number of aromatic nitrogens is 6. The molecule has 2 aliphatic rings. The van der Waals surface area contributed by atoms with Crippen LogP contribution in [0.25, 0.3) is 22.6 Å². The van der Waals surface area contributed by atoms with Gasteiger partial charge in [0.1, 0.15) is 5.69 Å². The predicted molar refractivity (Wildman–Crippen MR) is 120 cm³/mol. The number of pyridine rings is 1. The third-order valence-electron chi connectivity index (χ3n) is 5.80. The lowest BCUT2D eigenvalue weighted by atomic mass is 10.1. The summed E-state index contributed by atoms with van der Waals surface area (Å²) in [7, 11) is 0. The Balaban J connectivity index is 1.13. The van der Waals surface area contributed by atoms with Gasteiger partial charge in [0, 0.05) is 36.1 Å². The first-order valence-corrected chi connectivity index (χ1v) is 11.0. The Kier molecular flexibility index (Phi) is 4.86. The third-order valence-corrected chi connectivity index (χ3v) is 5.80. The fourth-order valence-corrected chi connectivity index (χ4v) is 3.93. The Morgan fingerprint density at radius 3 is 2.85 bits per heavy atom. The largest absolute Gasteiger partial charge is 0.454 e.